The summed E-state index contributed by atoms with van der Waals surface area (Å²) < 4.78 is 5.69. The molecule has 228 valence electrons. The minimum atomic E-state index is -0.202. The van der Waals surface area contributed by atoms with Gasteiger partial charge >= 0.3 is 6.03 Å². The second-order valence-corrected chi connectivity index (χ2v) is 12.0. The van der Waals surface area contributed by atoms with Crippen LogP contribution in [-0.2, 0) is 22.7 Å². The number of carbonyl (C=O) groups is 2. The van der Waals surface area contributed by atoms with Crippen LogP contribution in [0.5, 0.6) is 0 Å². The predicted molar refractivity (Wildman–Crippen MR) is 163 cm³/mol. The summed E-state index contributed by atoms with van der Waals surface area (Å²) in [5, 5.41) is 10.5. The van der Waals surface area contributed by atoms with E-state index in [1.54, 1.807) is 11.3 Å². The molecule has 0 aromatic carbocycles. The summed E-state index contributed by atoms with van der Waals surface area (Å²) >= 11 is 1.63. The Bertz CT molecular complexity index is 1070. The lowest BCUT2D eigenvalue weighted by Gasteiger charge is -2.40. The molecule has 0 aliphatic carbocycles. The van der Waals surface area contributed by atoms with Crippen molar-refractivity contribution in [1.82, 2.24) is 30.9 Å². The van der Waals surface area contributed by atoms with Crippen LogP contribution in [-0.4, -0.2) is 78.8 Å². The first-order chi connectivity index (χ1) is 19.7. The number of likely N-dealkylation sites (tertiary alicyclic amines) is 1. The van der Waals surface area contributed by atoms with E-state index in [1.165, 1.54) is 7.11 Å². The van der Waals surface area contributed by atoms with Crippen molar-refractivity contribution in [3.05, 3.63) is 51.0 Å². The Balaban J connectivity index is 1.44. The first-order valence-corrected chi connectivity index (χ1v) is 15.5. The Hall–Kier alpha value is -2.57. The molecule has 41 heavy (non-hydrogen) atoms. The molecular formula is C30H48N6O4S. The third kappa shape index (κ3) is 10.3. The number of aryl methyl sites for hydroxylation is 2. The molecule has 0 unspecified atom stereocenters. The van der Waals surface area contributed by atoms with Gasteiger partial charge in [0.1, 0.15) is 0 Å². The van der Waals surface area contributed by atoms with Crippen LogP contribution in [0.3, 0.4) is 0 Å². The highest BCUT2D eigenvalue weighted by molar-refractivity contribution is 7.07. The minimum Gasteiger partial charge on any atom is -0.360 e. The average Bonchev–Trinajstić information content (AvgIpc) is 3.44. The van der Waals surface area contributed by atoms with Gasteiger partial charge in [-0.1, -0.05) is 13.8 Å². The van der Waals surface area contributed by atoms with E-state index in [0.29, 0.717) is 44.0 Å². The van der Waals surface area contributed by atoms with Gasteiger partial charge in [-0.2, -0.15) is 11.3 Å². The molecule has 2 aromatic rings. The largest absolute Gasteiger partial charge is 0.360 e. The Morgan fingerprint density at radius 3 is 2.61 bits per heavy atom. The van der Waals surface area contributed by atoms with E-state index in [0.717, 1.165) is 61.4 Å². The molecule has 10 nitrogen and oxygen atoms in total. The first kappa shape index (κ1) is 32.9. The third-order valence-electron chi connectivity index (χ3n) is 7.48. The highest BCUT2D eigenvalue weighted by Gasteiger charge is 2.30. The maximum Gasteiger partial charge on any atom is 0.341 e. The van der Waals surface area contributed by atoms with Crippen molar-refractivity contribution in [2.45, 2.75) is 79.1 Å². The van der Waals surface area contributed by atoms with Crippen LogP contribution in [0.1, 0.15) is 72.9 Å². The second kappa shape index (κ2) is 16.8. The lowest BCUT2D eigenvalue weighted by molar-refractivity contribution is 0.0565. The fourth-order valence-electron chi connectivity index (χ4n) is 5.30. The number of hydrogen-bond donors (Lipinski definition) is 3. The molecule has 1 fully saturated rings. The van der Waals surface area contributed by atoms with E-state index in [1.807, 2.05) is 30.2 Å². The summed E-state index contributed by atoms with van der Waals surface area (Å²) in [6.07, 6.45) is 2.64. The zero-order valence-electron chi connectivity index (χ0n) is 25.5. The van der Waals surface area contributed by atoms with Gasteiger partial charge in [-0.3, -0.25) is 19.9 Å². The van der Waals surface area contributed by atoms with Crippen LogP contribution >= 0.6 is 11.3 Å². The monoisotopic (exact) mass is 588 g/mol. The van der Waals surface area contributed by atoms with Crippen LogP contribution in [0.2, 0.25) is 0 Å². The lowest BCUT2D eigenvalue weighted by atomic mass is 10.0. The van der Waals surface area contributed by atoms with Crippen LogP contribution < -0.4 is 16.1 Å². The molecule has 0 radical (unpaired) electrons. The van der Waals surface area contributed by atoms with Crippen molar-refractivity contribution in [2.75, 3.05) is 40.0 Å². The highest BCUT2D eigenvalue weighted by atomic mass is 32.1. The Morgan fingerprint density at radius 2 is 1.98 bits per heavy atom. The molecule has 3 N–H and O–H groups in total. The summed E-state index contributed by atoms with van der Waals surface area (Å²) in [5.41, 5.74) is 6.71. The lowest BCUT2D eigenvalue weighted by Crippen LogP contribution is -2.51. The molecule has 11 heteroatoms. The van der Waals surface area contributed by atoms with Crippen molar-refractivity contribution in [2.24, 2.45) is 5.92 Å². The summed E-state index contributed by atoms with van der Waals surface area (Å²) in [5.74, 6) is 0.487. The zero-order chi connectivity index (χ0) is 29.8. The Morgan fingerprint density at radius 1 is 1.22 bits per heavy atom. The summed E-state index contributed by atoms with van der Waals surface area (Å²) in [4.78, 5) is 39.6. The minimum absolute atomic E-state index is 0.0855. The van der Waals surface area contributed by atoms with Crippen LogP contribution in [0.4, 0.5) is 4.79 Å². The first-order valence-electron chi connectivity index (χ1n) is 14.6. The summed E-state index contributed by atoms with van der Waals surface area (Å²) in [7, 11) is 1.46. The van der Waals surface area contributed by atoms with Gasteiger partial charge in [-0.25, -0.2) is 10.3 Å². The van der Waals surface area contributed by atoms with Crippen LogP contribution in [0.25, 0.3) is 0 Å². The van der Waals surface area contributed by atoms with Crippen molar-refractivity contribution in [1.29, 1.82) is 0 Å². The molecule has 1 saturated heterocycles. The number of pyridine rings is 1. The maximum atomic E-state index is 13.0. The number of hydrogen-bond acceptors (Lipinski definition) is 8. The molecule has 3 rings (SSSR count). The van der Waals surface area contributed by atoms with Crippen molar-refractivity contribution in [3.63, 3.8) is 0 Å². The number of hydroxylamine groups is 1. The van der Waals surface area contributed by atoms with Crippen LogP contribution in [0.15, 0.2) is 22.9 Å². The van der Waals surface area contributed by atoms with Gasteiger partial charge in [-0.05, 0) is 86.5 Å². The third-order valence-corrected chi connectivity index (χ3v) is 8.21. The van der Waals surface area contributed by atoms with E-state index in [-0.39, 0.29) is 18.0 Å². The maximum absolute atomic E-state index is 13.0. The molecule has 0 bridgehead atoms. The van der Waals surface area contributed by atoms with Gasteiger partial charge in [-0.15, -0.1) is 0 Å². The molecule has 1 aliphatic rings. The Labute approximate surface area is 249 Å². The van der Waals surface area contributed by atoms with Gasteiger partial charge in [0.2, 0.25) is 0 Å². The van der Waals surface area contributed by atoms with Gasteiger partial charge in [0.15, 0.2) is 0 Å². The SMILES string of the molecule is CONC(=O)N(Cc1ccsc1)C1CCN([C@H](C)CCNC(=O)c2c(C)cc(COCNCC(C)C)nc2C)CC1. The van der Waals surface area contributed by atoms with E-state index in [2.05, 4.69) is 58.2 Å². The predicted octanol–water partition coefficient (Wildman–Crippen LogP) is 4.23. The number of amides is 3. The summed E-state index contributed by atoms with van der Waals surface area (Å²) in [6, 6.07) is 4.26. The Kier molecular flexibility index (Phi) is 13.5. The van der Waals surface area contributed by atoms with Crippen molar-refractivity contribution >= 4 is 23.3 Å². The molecule has 3 amide bonds. The number of ether oxygens (including phenoxy) is 1. The van der Waals surface area contributed by atoms with Gasteiger partial charge < -0.3 is 19.9 Å². The van der Waals surface area contributed by atoms with E-state index in [9.17, 15) is 9.59 Å². The molecule has 3 heterocycles. The molecule has 0 saturated carbocycles. The normalized spacial score (nSPS) is 15.2. The van der Waals surface area contributed by atoms with E-state index >= 15 is 0 Å². The number of aromatic nitrogens is 1. The number of carbonyl (C=O) groups excluding carboxylic acids is 2. The number of nitrogens with one attached hydrogen (secondary N) is 3. The van der Waals surface area contributed by atoms with Crippen molar-refractivity contribution in [3.8, 4) is 0 Å². The number of nitrogens with zero attached hydrogens (tertiary/aromatic N) is 3. The smallest absolute Gasteiger partial charge is 0.341 e. The number of piperidine rings is 1. The van der Waals surface area contributed by atoms with Gasteiger partial charge in [0.05, 0.1) is 37.4 Å². The van der Waals surface area contributed by atoms with E-state index < -0.39 is 0 Å². The fourth-order valence-corrected chi connectivity index (χ4v) is 5.96. The van der Waals surface area contributed by atoms with Crippen molar-refractivity contribution < 1.29 is 19.2 Å². The molecule has 1 aliphatic heterocycles. The van der Waals surface area contributed by atoms with E-state index in [4.69, 9.17) is 9.57 Å². The molecule has 0 spiro atoms. The topological polar surface area (TPSA) is 108 Å². The number of thiophene rings is 1. The molecule has 1 atom stereocenters. The number of rotatable bonds is 15. The summed E-state index contributed by atoms with van der Waals surface area (Å²) in [6.45, 7) is 15.1. The number of urea groups is 1. The highest BCUT2D eigenvalue weighted by Crippen LogP contribution is 2.22. The van der Waals surface area contributed by atoms with Gasteiger partial charge in [0, 0.05) is 38.3 Å². The van der Waals surface area contributed by atoms with Gasteiger partial charge in [0.25, 0.3) is 5.91 Å². The average molecular weight is 589 g/mol. The molecular weight excluding hydrogens is 540 g/mol. The second-order valence-electron chi connectivity index (χ2n) is 11.3. The standard InChI is InChI=1S/C30H48N6O4S/c1-21(2)16-31-20-40-18-26-15-22(3)28(24(5)33-26)29(37)32-11-7-23(4)35-12-8-27(9-13-35)36(30(38)34-39-6)17-25-10-14-41-19-25/h10,14-15,19,21,23,27,31H,7-9,11-13,16-18,20H2,1-6H3,(H,32,37)(H,34,38)/t23-/m1/s1. The quantitative estimate of drug-likeness (QED) is 0.162. The fraction of sp³-hybridized carbons (Fsp3) is 0.633. The van der Waals surface area contributed by atoms with Crippen LogP contribution in [0, 0.1) is 19.8 Å². The zero-order valence-corrected chi connectivity index (χ0v) is 26.3. The molecule has 2 aromatic heterocycles.